The van der Waals surface area contributed by atoms with Crippen LogP contribution in [0.1, 0.15) is 25.8 Å². The number of aryl methyl sites for hydroxylation is 1. The molecular formula is C12H16O3. The molecule has 0 aliphatic heterocycles. The van der Waals surface area contributed by atoms with Gasteiger partial charge in [-0.15, -0.1) is 0 Å². The Morgan fingerprint density at radius 2 is 2.00 bits per heavy atom. The molecule has 3 heteroatoms. The van der Waals surface area contributed by atoms with Gasteiger partial charge >= 0.3 is 5.97 Å². The lowest BCUT2D eigenvalue weighted by Gasteiger charge is -2.11. The van der Waals surface area contributed by atoms with Crippen molar-refractivity contribution in [2.45, 2.75) is 32.8 Å². The summed E-state index contributed by atoms with van der Waals surface area (Å²) in [5, 5.41) is 9.08. The number of aromatic hydroxyl groups is 1. The minimum Gasteiger partial charge on any atom is -0.508 e. The van der Waals surface area contributed by atoms with E-state index in [-0.39, 0.29) is 17.8 Å². The van der Waals surface area contributed by atoms with Gasteiger partial charge in [0.2, 0.25) is 0 Å². The average molecular weight is 208 g/mol. The van der Waals surface area contributed by atoms with E-state index in [0.29, 0.717) is 0 Å². The molecule has 15 heavy (non-hydrogen) atoms. The second-order valence-electron chi connectivity index (χ2n) is 3.63. The maximum absolute atomic E-state index is 10.7. The van der Waals surface area contributed by atoms with E-state index >= 15 is 0 Å². The third kappa shape index (κ3) is 4.49. The second kappa shape index (κ2) is 5.39. The molecule has 0 heterocycles. The minimum atomic E-state index is -0.242. The molecule has 0 aliphatic rings. The van der Waals surface area contributed by atoms with Gasteiger partial charge in [-0.25, -0.2) is 0 Å². The van der Waals surface area contributed by atoms with Crippen LogP contribution in [0.3, 0.4) is 0 Å². The molecule has 0 amide bonds. The highest BCUT2D eigenvalue weighted by molar-refractivity contribution is 5.66. The highest BCUT2D eigenvalue weighted by atomic mass is 16.5. The number of hydrogen-bond donors (Lipinski definition) is 1. The molecule has 0 aromatic heterocycles. The molecule has 1 aromatic carbocycles. The van der Waals surface area contributed by atoms with Crippen LogP contribution in [0.25, 0.3) is 0 Å². The highest BCUT2D eigenvalue weighted by Gasteiger charge is 2.05. The third-order valence-electron chi connectivity index (χ3n) is 2.14. The lowest BCUT2D eigenvalue weighted by molar-refractivity contribution is -0.145. The average Bonchev–Trinajstić information content (AvgIpc) is 2.16. The van der Waals surface area contributed by atoms with Crippen molar-refractivity contribution in [3.05, 3.63) is 29.8 Å². The van der Waals surface area contributed by atoms with Crippen LogP contribution in [-0.2, 0) is 16.0 Å². The smallest absolute Gasteiger partial charge is 0.302 e. The van der Waals surface area contributed by atoms with Gasteiger partial charge in [-0.2, -0.15) is 0 Å². The molecule has 0 saturated heterocycles. The molecule has 3 nitrogen and oxygen atoms in total. The fourth-order valence-electron chi connectivity index (χ4n) is 1.37. The summed E-state index contributed by atoms with van der Waals surface area (Å²) in [5.41, 5.74) is 1.13. The van der Waals surface area contributed by atoms with E-state index in [1.165, 1.54) is 6.92 Å². The summed E-state index contributed by atoms with van der Waals surface area (Å²) in [4.78, 5) is 10.7. The van der Waals surface area contributed by atoms with E-state index in [1.807, 2.05) is 19.1 Å². The molecule has 82 valence electrons. The number of carbonyl (C=O) groups is 1. The summed E-state index contributed by atoms with van der Waals surface area (Å²) in [7, 11) is 0. The molecule has 0 spiro atoms. The number of phenolic OH excluding ortho intramolecular Hbond substituents is 1. The van der Waals surface area contributed by atoms with Gasteiger partial charge in [-0.3, -0.25) is 4.79 Å². The maximum Gasteiger partial charge on any atom is 0.302 e. The van der Waals surface area contributed by atoms with Crippen LogP contribution in [0.4, 0.5) is 0 Å². The van der Waals surface area contributed by atoms with Crippen molar-refractivity contribution in [2.75, 3.05) is 0 Å². The molecule has 0 radical (unpaired) electrons. The zero-order valence-electron chi connectivity index (χ0n) is 9.06. The van der Waals surface area contributed by atoms with Crippen LogP contribution in [0.5, 0.6) is 5.75 Å². The third-order valence-corrected chi connectivity index (χ3v) is 2.14. The Morgan fingerprint density at radius 1 is 1.40 bits per heavy atom. The van der Waals surface area contributed by atoms with Crippen molar-refractivity contribution < 1.29 is 14.6 Å². The predicted molar refractivity (Wildman–Crippen MR) is 57.7 cm³/mol. The van der Waals surface area contributed by atoms with Crippen LogP contribution < -0.4 is 0 Å². The number of rotatable bonds is 4. The molecule has 1 atom stereocenters. The van der Waals surface area contributed by atoms with E-state index in [9.17, 15) is 4.79 Å². The summed E-state index contributed by atoms with van der Waals surface area (Å²) in [5.74, 6) is 0.0278. The lowest BCUT2D eigenvalue weighted by atomic mass is 10.1. The highest BCUT2D eigenvalue weighted by Crippen LogP contribution is 2.12. The summed E-state index contributed by atoms with van der Waals surface area (Å²) >= 11 is 0. The molecule has 1 rings (SSSR count). The molecule has 0 bridgehead atoms. The fourth-order valence-corrected chi connectivity index (χ4v) is 1.37. The number of phenols is 1. The predicted octanol–water partition coefficient (Wildman–Crippen LogP) is 2.28. The van der Waals surface area contributed by atoms with E-state index in [0.717, 1.165) is 18.4 Å². The first-order chi connectivity index (χ1) is 7.08. The van der Waals surface area contributed by atoms with Crippen LogP contribution in [0, 0.1) is 0 Å². The SMILES string of the molecule is CC(=O)OC(C)CCc1ccc(O)cc1. The molecule has 0 aliphatic carbocycles. The Labute approximate surface area is 89.7 Å². The number of ether oxygens (including phenoxy) is 1. The van der Waals surface area contributed by atoms with Gasteiger partial charge in [-0.05, 0) is 37.5 Å². The minimum absolute atomic E-state index is 0.0590. The van der Waals surface area contributed by atoms with Gasteiger partial charge < -0.3 is 9.84 Å². The quantitative estimate of drug-likeness (QED) is 0.772. The van der Waals surface area contributed by atoms with Gasteiger partial charge in [0.1, 0.15) is 5.75 Å². The van der Waals surface area contributed by atoms with Crippen molar-refractivity contribution in [1.82, 2.24) is 0 Å². The van der Waals surface area contributed by atoms with Gasteiger partial charge in [0.15, 0.2) is 0 Å². The number of benzene rings is 1. The Bertz CT molecular complexity index is 316. The monoisotopic (exact) mass is 208 g/mol. The lowest BCUT2D eigenvalue weighted by Crippen LogP contribution is -2.12. The Balaban J connectivity index is 2.36. The fraction of sp³-hybridized carbons (Fsp3) is 0.417. The van der Waals surface area contributed by atoms with Crippen LogP contribution in [0.15, 0.2) is 24.3 Å². The zero-order valence-corrected chi connectivity index (χ0v) is 9.06. The van der Waals surface area contributed by atoms with Crippen molar-refractivity contribution in [3.63, 3.8) is 0 Å². The van der Waals surface area contributed by atoms with Crippen molar-refractivity contribution >= 4 is 5.97 Å². The number of carbonyl (C=O) groups excluding carboxylic acids is 1. The van der Waals surface area contributed by atoms with Crippen LogP contribution in [0.2, 0.25) is 0 Å². The molecule has 0 saturated carbocycles. The first kappa shape index (κ1) is 11.6. The molecular weight excluding hydrogens is 192 g/mol. The summed E-state index contributed by atoms with van der Waals surface area (Å²) in [6, 6.07) is 7.06. The topological polar surface area (TPSA) is 46.5 Å². The van der Waals surface area contributed by atoms with E-state index in [4.69, 9.17) is 9.84 Å². The van der Waals surface area contributed by atoms with E-state index in [2.05, 4.69) is 0 Å². The van der Waals surface area contributed by atoms with Gasteiger partial charge in [-0.1, -0.05) is 12.1 Å². The number of hydrogen-bond acceptors (Lipinski definition) is 3. The summed E-state index contributed by atoms with van der Waals surface area (Å²) in [6.07, 6.45) is 1.58. The second-order valence-corrected chi connectivity index (χ2v) is 3.63. The van der Waals surface area contributed by atoms with Gasteiger partial charge in [0.05, 0.1) is 6.10 Å². The van der Waals surface area contributed by atoms with Crippen LogP contribution in [-0.4, -0.2) is 17.2 Å². The molecule has 1 aromatic rings. The first-order valence-electron chi connectivity index (χ1n) is 5.03. The first-order valence-corrected chi connectivity index (χ1v) is 5.03. The molecule has 1 unspecified atom stereocenters. The van der Waals surface area contributed by atoms with E-state index < -0.39 is 0 Å². The van der Waals surface area contributed by atoms with Gasteiger partial charge in [0, 0.05) is 6.92 Å². The van der Waals surface area contributed by atoms with Crippen molar-refractivity contribution in [2.24, 2.45) is 0 Å². The largest absolute Gasteiger partial charge is 0.508 e. The Kier molecular flexibility index (Phi) is 4.16. The number of esters is 1. The Hall–Kier alpha value is -1.51. The van der Waals surface area contributed by atoms with Gasteiger partial charge in [0.25, 0.3) is 0 Å². The van der Waals surface area contributed by atoms with Crippen LogP contribution >= 0.6 is 0 Å². The maximum atomic E-state index is 10.7. The summed E-state index contributed by atoms with van der Waals surface area (Å²) in [6.45, 7) is 3.29. The van der Waals surface area contributed by atoms with E-state index in [1.54, 1.807) is 12.1 Å². The summed E-state index contributed by atoms with van der Waals surface area (Å²) < 4.78 is 5.01. The standard InChI is InChI=1S/C12H16O3/c1-9(15-10(2)13)3-4-11-5-7-12(14)8-6-11/h5-9,14H,3-4H2,1-2H3. The molecule has 1 N–H and O–H groups in total. The normalized spacial score (nSPS) is 12.1. The molecule has 0 fully saturated rings. The Morgan fingerprint density at radius 3 is 2.53 bits per heavy atom. The van der Waals surface area contributed by atoms with Crippen molar-refractivity contribution in [1.29, 1.82) is 0 Å². The zero-order chi connectivity index (χ0) is 11.3. The van der Waals surface area contributed by atoms with Crippen molar-refractivity contribution in [3.8, 4) is 5.75 Å².